The molecule has 0 unspecified atom stereocenters. The molecule has 1 aromatic carbocycles. The zero-order valence-electron chi connectivity index (χ0n) is 16.1. The molecule has 0 bridgehead atoms. The van der Waals surface area contributed by atoms with Gasteiger partial charge in [-0.15, -0.1) is 0 Å². The fraction of sp³-hybridized carbons (Fsp3) is 0.727. The van der Waals surface area contributed by atoms with Gasteiger partial charge in [-0.3, -0.25) is 0 Å². The van der Waals surface area contributed by atoms with Gasteiger partial charge >= 0.3 is 0 Å². The standard InChI is InChI=1S/C22H38O2/c1-22(2,3)17-13-11-9-7-5-4-6-8-10-12-14-19-15-16-20(23)18-21(19)24/h15-16,18,23-24H,4-14,17H2,1-3H3. The molecule has 24 heavy (non-hydrogen) atoms. The molecule has 0 spiro atoms. The van der Waals surface area contributed by atoms with Crippen LogP contribution >= 0.6 is 0 Å². The highest BCUT2D eigenvalue weighted by atomic mass is 16.3. The van der Waals surface area contributed by atoms with Crippen LogP contribution in [0.25, 0.3) is 0 Å². The Balaban J connectivity index is 1.89. The first kappa shape index (κ1) is 20.9. The number of phenols is 2. The summed E-state index contributed by atoms with van der Waals surface area (Å²) in [5.41, 5.74) is 1.44. The molecule has 0 aliphatic rings. The van der Waals surface area contributed by atoms with Crippen LogP contribution in [0.1, 0.15) is 97.0 Å². The number of aryl methyl sites for hydroxylation is 1. The number of hydrogen-bond acceptors (Lipinski definition) is 2. The van der Waals surface area contributed by atoms with Gasteiger partial charge in [0.15, 0.2) is 0 Å². The van der Waals surface area contributed by atoms with Gasteiger partial charge < -0.3 is 10.2 Å². The van der Waals surface area contributed by atoms with E-state index < -0.39 is 0 Å². The summed E-state index contributed by atoms with van der Waals surface area (Å²) < 4.78 is 0. The van der Waals surface area contributed by atoms with Crippen molar-refractivity contribution >= 4 is 0 Å². The van der Waals surface area contributed by atoms with Crippen molar-refractivity contribution in [3.05, 3.63) is 23.8 Å². The van der Waals surface area contributed by atoms with Crippen molar-refractivity contribution < 1.29 is 10.2 Å². The summed E-state index contributed by atoms with van der Waals surface area (Å²) in [6.45, 7) is 6.99. The van der Waals surface area contributed by atoms with Crippen molar-refractivity contribution in [3.63, 3.8) is 0 Å². The molecule has 2 heteroatoms. The highest BCUT2D eigenvalue weighted by Gasteiger charge is 2.08. The minimum absolute atomic E-state index is 0.134. The van der Waals surface area contributed by atoms with Gasteiger partial charge in [-0.05, 0) is 36.3 Å². The molecular formula is C22H38O2. The predicted octanol–water partition coefficient (Wildman–Crippen LogP) is 6.98. The van der Waals surface area contributed by atoms with Crippen molar-refractivity contribution in [2.24, 2.45) is 5.41 Å². The van der Waals surface area contributed by atoms with Crippen molar-refractivity contribution in [2.75, 3.05) is 0 Å². The molecule has 1 rings (SSSR count). The molecule has 2 nitrogen and oxygen atoms in total. The maximum atomic E-state index is 9.74. The van der Waals surface area contributed by atoms with Crippen LogP contribution in [-0.4, -0.2) is 10.2 Å². The van der Waals surface area contributed by atoms with Gasteiger partial charge in [0.1, 0.15) is 11.5 Å². The number of rotatable bonds is 12. The van der Waals surface area contributed by atoms with E-state index in [9.17, 15) is 10.2 Å². The molecule has 0 atom stereocenters. The highest BCUT2D eigenvalue weighted by molar-refractivity contribution is 5.38. The van der Waals surface area contributed by atoms with E-state index in [4.69, 9.17) is 0 Å². The first-order valence-corrected chi connectivity index (χ1v) is 9.89. The van der Waals surface area contributed by atoms with Crippen LogP contribution in [0.5, 0.6) is 11.5 Å². The van der Waals surface area contributed by atoms with Crippen molar-refractivity contribution in [1.82, 2.24) is 0 Å². The second-order valence-corrected chi connectivity index (χ2v) is 8.41. The Morgan fingerprint density at radius 1 is 0.708 bits per heavy atom. The molecule has 0 aliphatic carbocycles. The van der Waals surface area contributed by atoms with Gasteiger partial charge in [0, 0.05) is 6.07 Å². The molecule has 1 aromatic rings. The van der Waals surface area contributed by atoms with Gasteiger partial charge in [-0.1, -0.05) is 84.6 Å². The minimum atomic E-state index is 0.134. The molecule has 2 N–H and O–H groups in total. The first-order chi connectivity index (χ1) is 11.4. The zero-order chi connectivity index (χ0) is 17.8. The summed E-state index contributed by atoms with van der Waals surface area (Å²) >= 11 is 0. The molecule has 0 heterocycles. The van der Waals surface area contributed by atoms with Crippen LogP contribution in [0, 0.1) is 5.41 Å². The Bertz CT molecular complexity index is 446. The van der Waals surface area contributed by atoms with Crippen LogP contribution < -0.4 is 0 Å². The lowest BCUT2D eigenvalue weighted by molar-refractivity contribution is 0.356. The van der Waals surface area contributed by atoms with Gasteiger partial charge in [0.25, 0.3) is 0 Å². The lowest BCUT2D eigenvalue weighted by Gasteiger charge is -2.17. The van der Waals surface area contributed by atoms with Crippen molar-refractivity contribution in [2.45, 2.75) is 97.8 Å². The van der Waals surface area contributed by atoms with Gasteiger partial charge in [0.05, 0.1) is 0 Å². The van der Waals surface area contributed by atoms with E-state index in [0.29, 0.717) is 5.41 Å². The molecule has 0 aliphatic heterocycles. The highest BCUT2D eigenvalue weighted by Crippen LogP contribution is 2.25. The van der Waals surface area contributed by atoms with Crippen LogP contribution in [0.4, 0.5) is 0 Å². The third-order valence-electron chi connectivity index (χ3n) is 4.69. The fourth-order valence-corrected chi connectivity index (χ4v) is 3.15. The summed E-state index contributed by atoms with van der Waals surface area (Å²) in [7, 11) is 0. The SMILES string of the molecule is CC(C)(C)CCCCCCCCCCCCc1ccc(O)cc1O. The predicted molar refractivity (Wildman–Crippen MR) is 104 cm³/mol. The Hall–Kier alpha value is -1.18. The zero-order valence-corrected chi connectivity index (χ0v) is 16.1. The smallest absolute Gasteiger partial charge is 0.122 e. The summed E-state index contributed by atoms with van der Waals surface area (Å²) in [5.74, 6) is 0.358. The third kappa shape index (κ3) is 10.6. The van der Waals surface area contributed by atoms with E-state index in [2.05, 4.69) is 20.8 Å². The average molecular weight is 335 g/mol. The van der Waals surface area contributed by atoms with E-state index in [1.807, 2.05) is 6.07 Å². The minimum Gasteiger partial charge on any atom is -0.508 e. The van der Waals surface area contributed by atoms with Gasteiger partial charge in [-0.25, -0.2) is 0 Å². The van der Waals surface area contributed by atoms with Gasteiger partial charge in [0.2, 0.25) is 0 Å². The largest absolute Gasteiger partial charge is 0.508 e. The van der Waals surface area contributed by atoms with E-state index in [0.717, 1.165) is 18.4 Å². The molecule has 138 valence electrons. The second-order valence-electron chi connectivity index (χ2n) is 8.41. The summed E-state index contributed by atoms with van der Waals surface area (Å²) in [6, 6.07) is 4.90. The number of hydrogen-bond donors (Lipinski definition) is 2. The lowest BCUT2D eigenvalue weighted by Crippen LogP contribution is -2.03. The topological polar surface area (TPSA) is 40.5 Å². The van der Waals surface area contributed by atoms with E-state index in [1.54, 1.807) is 6.07 Å². The normalized spacial score (nSPS) is 11.8. The number of aromatic hydroxyl groups is 2. The maximum absolute atomic E-state index is 9.74. The molecular weight excluding hydrogens is 296 g/mol. The number of benzene rings is 1. The average Bonchev–Trinajstić information content (AvgIpc) is 2.49. The number of unbranched alkanes of at least 4 members (excludes halogenated alkanes) is 9. The Labute approximate surface area is 149 Å². The molecule has 0 fully saturated rings. The summed E-state index contributed by atoms with van der Waals surface area (Å²) in [5, 5.41) is 19.0. The first-order valence-electron chi connectivity index (χ1n) is 9.89. The Morgan fingerprint density at radius 2 is 1.21 bits per heavy atom. The molecule has 0 amide bonds. The van der Waals surface area contributed by atoms with E-state index in [1.165, 1.54) is 70.3 Å². The second kappa shape index (κ2) is 11.4. The lowest BCUT2D eigenvalue weighted by atomic mass is 9.89. The maximum Gasteiger partial charge on any atom is 0.122 e. The van der Waals surface area contributed by atoms with Crippen molar-refractivity contribution in [1.29, 1.82) is 0 Å². The molecule has 0 aromatic heterocycles. The summed E-state index contributed by atoms with van der Waals surface area (Å²) in [6.07, 6.45) is 15.5. The van der Waals surface area contributed by atoms with E-state index >= 15 is 0 Å². The Morgan fingerprint density at radius 3 is 1.71 bits per heavy atom. The molecule has 0 saturated heterocycles. The molecule has 0 saturated carbocycles. The monoisotopic (exact) mass is 334 g/mol. The van der Waals surface area contributed by atoms with Crippen molar-refractivity contribution in [3.8, 4) is 11.5 Å². The summed E-state index contributed by atoms with van der Waals surface area (Å²) in [4.78, 5) is 0. The molecule has 0 radical (unpaired) electrons. The quantitative estimate of drug-likeness (QED) is 0.405. The van der Waals surface area contributed by atoms with Crippen LogP contribution in [-0.2, 0) is 6.42 Å². The van der Waals surface area contributed by atoms with Gasteiger partial charge in [-0.2, -0.15) is 0 Å². The van der Waals surface area contributed by atoms with E-state index in [-0.39, 0.29) is 11.5 Å². The Kier molecular flexibility index (Phi) is 9.90. The third-order valence-corrected chi connectivity index (χ3v) is 4.69. The van der Waals surface area contributed by atoms with Crippen LogP contribution in [0.15, 0.2) is 18.2 Å². The van der Waals surface area contributed by atoms with Crippen LogP contribution in [0.3, 0.4) is 0 Å². The number of phenolic OH excluding ortho intramolecular Hbond substituents is 2. The fourth-order valence-electron chi connectivity index (χ4n) is 3.15. The van der Waals surface area contributed by atoms with Crippen LogP contribution in [0.2, 0.25) is 0 Å².